The molecule has 1 aromatic carbocycles. The highest BCUT2D eigenvalue weighted by atomic mass is 16.5. The summed E-state index contributed by atoms with van der Waals surface area (Å²) in [4.78, 5) is 34.3. The summed E-state index contributed by atoms with van der Waals surface area (Å²) in [5.41, 5.74) is 1.99. The second kappa shape index (κ2) is 12.9. The number of hydrogen-bond acceptors (Lipinski definition) is 5. The number of likely N-dealkylation sites (tertiary alicyclic amines) is 1. The first-order valence-corrected chi connectivity index (χ1v) is 15.3. The van der Waals surface area contributed by atoms with Crippen LogP contribution < -0.4 is 5.32 Å². The molecule has 1 aromatic rings. The molecule has 1 spiro atoms. The average Bonchev–Trinajstić information content (AvgIpc) is 2.95. The first kappa shape index (κ1) is 27.6. The molecule has 7 nitrogen and oxygen atoms in total. The lowest BCUT2D eigenvalue weighted by atomic mass is 9.79. The number of unbranched alkanes of at least 4 members (excludes halogenated alkanes) is 1. The molecule has 0 aromatic heterocycles. The minimum atomic E-state index is -0.673. The van der Waals surface area contributed by atoms with Gasteiger partial charge in [-0.1, -0.05) is 69.7 Å². The minimum Gasteiger partial charge on any atom is -0.379 e. The Morgan fingerprint density at radius 3 is 2.11 bits per heavy atom. The summed E-state index contributed by atoms with van der Waals surface area (Å²) in [6.45, 7) is 10.1. The fourth-order valence-electron chi connectivity index (χ4n) is 7.04. The van der Waals surface area contributed by atoms with Crippen molar-refractivity contribution in [1.82, 2.24) is 20.0 Å². The molecule has 1 atom stereocenters. The second-order valence-corrected chi connectivity index (χ2v) is 12.1. The van der Waals surface area contributed by atoms with Gasteiger partial charge in [-0.25, -0.2) is 0 Å². The van der Waals surface area contributed by atoms with Gasteiger partial charge in [0.05, 0.1) is 13.2 Å². The highest BCUT2D eigenvalue weighted by Gasteiger charge is 2.53. The number of carbonyl (C=O) groups is 2. The van der Waals surface area contributed by atoms with Crippen molar-refractivity contribution in [2.75, 3.05) is 45.9 Å². The molecule has 210 valence electrons. The maximum absolute atomic E-state index is 13.8. The number of morpholine rings is 1. The molecule has 1 aliphatic carbocycles. The third kappa shape index (κ3) is 6.43. The molecular weight excluding hydrogens is 476 g/mol. The van der Waals surface area contributed by atoms with Gasteiger partial charge in [-0.15, -0.1) is 0 Å². The monoisotopic (exact) mass is 524 g/mol. The van der Waals surface area contributed by atoms with Gasteiger partial charge in [-0.05, 0) is 42.7 Å². The maximum atomic E-state index is 13.8. The molecule has 0 bridgehead atoms. The van der Waals surface area contributed by atoms with Crippen molar-refractivity contribution < 1.29 is 14.3 Å². The highest BCUT2D eigenvalue weighted by Crippen LogP contribution is 2.36. The summed E-state index contributed by atoms with van der Waals surface area (Å²) >= 11 is 0. The molecule has 0 radical (unpaired) electrons. The van der Waals surface area contributed by atoms with Crippen molar-refractivity contribution in [2.24, 2.45) is 5.92 Å². The normalized spacial score (nSPS) is 25.6. The van der Waals surface area contributed by atoms with Crippen LogP contribution >= 0.6 is 0 Å². The van der Waals surface area contributed by atoms with Gasteiger partial charge in [0.1, 0.15) is 11.6 Å². The van der Waals surface area contributed by atoms with Crippen molar-refractivity contribution in [3.63, 3.8) is 0 Å². The van der Waals surface area contributed by atoms with Gasteiger partial charge < -0.3 is 15.0 Å². The number of nitrogens with zero attached hydrogens (tertiary/aromatic N) is 3. The van der Waals surface area contributed by atoms with Crippen LogP contribution in [0.2, 0.25) is 0 Å². The van der Waals surface area contributed by atoms with E-state index in [0.717, 1.165) is 84.6 Å². The Bertz CT molecular complexity index is 916. The standard InChI is InChI=1S/C31H48N4O3/c1-2-3-15-35-29(36)28(22-25-7-5-4-6-8-25)32-30(37)31(35)13-16-33(17-14-31)23-26-9-11-27(12-10-26)24-34-18-20-38-21-19-34/h9-12,25,28H,2-8,13-24H2,1H3,(H,32,37)/t28-/m0/s1. The van der Waals surface area contributed by atoms with E-state index < -0.39 is 5.54 Å². The van der Waals surface area contributed by atoms with Gasteiger partial charge in [-0.2, -0.15) is 0 Å². The van der Waals surface area contributed by atoms with Gasteiger partial charge in [0.2, 0.25) is 11.8 Å². The maximum Gasteiger partial charge on any atom is 0.246 e. The van der Waals surface area contributed by atoms with E-state index in [4.69, 9.17) is 4.74 Å². The number of benzene rings is 1. The zero-order valence-corrected chi connectivity index (χ0v) is 23.5. The van der Waals surface area contributed by atoms with Gasteiger partial charge in [0.15, 0.2) is 0 Å². The van der Waals surface area contributed by atoms with Crippen molar-refractivity contribution in [1.29, 1.82) is 0 Å². The van der Waals surface area contributed by atoms with E-state index in [1.165, 1.54) is 43.2 Å². The Labute approximate surface area is 229 Å². The summed E-state index contributed by atoms with van der Waals surface area (Å²) in [7, 11) is 0. The molecule has 0 unspecified atom stereocenters. The average molecular weight is 525 g/mol. The van der Waals surface area contributed by atoms with Crippen LogP contribution in [0.1, 0.15) is 82.3 Å². The smallest absolute Gasteiger partial charge is 0.246 e. The summed E-state index contributed by atoms with van der Waals surface area (Å²) in [5, 5.41) is 3.22. The molecule has 3 heterocycles. The minimum absolute atomic E-state index is 0.0983. The first-order valence-electron chi connectivity index (χ1n) is 15.3. The molecule has 3 aliphatic heterocycles. The number of hydrogen-bond donors (Lipinski definition) is 1. The molecule has 4 fully saturated rings. The van der Waals surface area contributed by atoms with E-state index in [9.17, 15) is 9.59 Å². The van der Waals surface area contributed by atoms with Crippen LogP contribution in [0.4, 0.5) is 0 Å². The number of piperidine rings is 1. The molecular formula is C31H48N4O3. The van der Waals surface area contributed by atoms with E-state index in [0.29, 0.717) is 12.5 Å². The fraction of sp³-hybridized carbons (Fsp3) is 0.742. The largest absolute Gasteiger partial charge is 0.379 e. The van der Waals surface area contributed by atoms with Crippen LogP contribution in [0.5, 0.6) is 0 Å². The van der Waals surface area contributed by atoms with E-state index in [1.807, 2.05) is 4.90 Å². The number of nitrogens with one attached hydrogen (secondary N) is 1. The number of piperazine rings is 1. The SMILES string of the molecule is CCCCN1C(=O)[C@H](CC2CCCCC2)NC(=O)C12CCN(Cc1ccc(CN3CCOCC3)cc1)CC2. The van der Waals surface area contributed by atoms with Gasteiger partial charge >= 0.3 is 0 Å². The van der Waals surface area contributed by atoms with E-state index >= 15 is 0 Å². The molecule has 4 aliphatic rings. The van der Waals surface area contributed by atoms with Gasteiger partial charge in [-0.3, -0.25) is 19.4 Å². The Kier molecular flexibility index (Phi) is 9.39. The predicted octanol–water partition coefficient (Wildman–Crippen LogP) is 3.95. The van der Waals surface area contributed by atoms with Crippen LogP contribution in [-0.4, -0.2) is 84.0 Å². The third-order valence-electron chi connectivity index (χ3n) is 9.46. The van der Waals surface area contributed by atoms with Crippen molar-refractivity contribution >= 4 is 11.8 Å². The third-order valence-corrected chi connectivity index (χ3v) is 9.46. The number of carbonyl (C=O) groups excluding carboxylic acids is 2. The summed E-state index contributed by atoms with van der Waals surface area (Å²) in [6.07, 6.45) is 10.5. The molecule has 1 N–H and O–H groups in total. The summed E-state index contributed by atoms with van der Waals surface area (Å²) in [6, 6.07) is 8.67. The Hall–Kier alpha value is -1.96. The quantitative estimate of drug-likeness (QED) is 0.530. The van der Waals surface area contributed by atoms with Crippen LogP contribution in [0, 0.1) is 5.92 Å². The zero-order chi connectivity index (χ0) is 26.4. The Balaban J connectivity index is 1.18. The molecule has 38 heavy (non-hydrogen) atoms. The second-order valence-electron chi connectivity index (χ2n) is 12.1. The lowest BCUT2D eigenvalue weighted by molar-refractivity contribution is -0.162. The fourth-order valence-corrected chi connectivity index (χ4v) is 7.04. The summed E-state index contributed by atoms with van der Waals surface area (Å²) < 4.78 is 5.46. The molecule has 7 heteroatoms. The lowest BCUT2D eigenvalue weighted by Gasteiger charge is -2.52. The molecule has 3 saturated heterocycles. The van der Waals surface area contributed by atoms with Crippen molar-refractivity contribution in [3.05, 3.63) is 35.4 Å². The van der Waals surface area contributed by atoms with Crippen LogP contribution in [0.15, 0.2) is 24.3 Å². The van der Waals surface area contributed by atoms with Crippen LogP contribution in [-0.2, 0) is 27.4 Å². The predicted molar refractivity (Wildman–Crippen MR) is 150 cm³/mol. The molecule has 1 saturated carbocycles. The lowest BCUT2D eigenvalue weighted by Crippen LogP contribution is -2.73. The van der Waals surface area contributed by atoms with Crippen LogP contribution in [0.3, 0.4) is 0 Å². The van der Waals surface area contributed by atoms with E-state index in [1.54, 1.807) is 0 Å². The van der Waals surface area contributed by atoms with E-state index in [2.05, 4.69) is 46.3 Å². The molecule has 5 rings (SSSR count). The van der Waals surface area contributed by atoms with Gasteiger partial charge in [0, 0.05) is 45.8 Å². The number of amides is 2. The van der Waals surface area contributed by atoms with E-state index in [-0.39, 0.29) is 17.9 Å². The zero-order valence-electron chi connectivity index (χ0n) is 23.5. The van der Waals surface area contributed by atoms with Gasteiger partial charge in [0.25, 0.3) is 0 Å². The highest BCUT2D eigenvalue weighted by molar-refractivity contribution is 6.00. The number of rotatable bonds is 9. The molecule has 2 amide bonds. The first-order chi connectivity index (χ1) is 18.6. The Morgan fingerprint density at radius 1 is 0.895 bits per heavy atom. The van der Waals surface area contributed by atoms with Crippen molar-refractivity contribution in [3.8, 4) is 0 Å². The van der Waals surface area contributed by atoms with Crippen molar-refractivity contribution in [2.45, 2.75) is 95.8 Å². The summed E-state index contributed by atoms with van der Waals surface area (Å²) in [5.74, 6) is 0.844. The van der Waals surface area contributed by atoms with Crippen LogP contribution in [0.25, 0.3) is 0 Å². The number of ether oxygens (including phenoxy) is 1. The Morgan fingerprint density at radius 2 is 1.50 bits per heavy atom. The topological polar surface area (TPSA) is 65.1 Å².